The van der Waals surface area contributed by atoms with Crippen molar-refractivity contribution in [2.75, 3.05) is 37.4 Å². The van der Waals surface area contributed by atoms with Crippen LogP contribution >= 0.6 is 0 Å². The highest BCUT2D eigenvalue weighted by atomic mass is 15.2. The molecule has 114 valence electrons. The molecule has 1 unspecified atom stereocenters. The Bertz CT molecular complexity index is 409. The maximum absolute atomic E-state index is 4.75. The van der Waals surface area contributed by atoms with Crippen molar-refractivity contribution in [2.24, 2.45) is 0 Å². The lowest BCUT2D eigenvalue weighted by Gasteiger charge is -2.31. The first-order valence-electron chi connectivity index (χ1n) is 7.39. The van der Waals surface area contributed by atoms with E-state index >= 15 is 0 Å². The van der Waals surface area contributed by atoms with E-state index < -0.39 is 0 Å². The van der Waals surface area contributed by atoms with Gasteiger partial charge in [0, 0.05) is 24.7 Å². The van der Waals surface area contributed by atoms with Crippen molar-refractivity contribution >= 4 is 11.6 Å². The molecule has 1 rings (SSSR count). The minimum absolute atomic E-state index is 0.0257. The van der Waals surface area contributed by atoms with Gasteiger partial charge in [0.25, 0.3) is 0 Å². The highest BCUT2D eigenvalue weighted by Gasteiger charge is 2.16. The third-order valence-corrected chi connectivity index (χ3v) is 3.03. The number of nitrogens with one attached hydrogen (secondary N) is 1. The lowest BCUT2D eigenvalue weighted by atomic mass is 10.1. The molecule has 1 heterocycles. The summed E-state index contributed by atoms with van der Waals surface area (Å²) in [5, 5.41) is 3.43. The van der Waals surface area contributed by atoms with Gasteiger partial charge in [-0.05, 0) is 60.8 Å². The van der Waals surface area contributed by atoms with E-state index in [9.17, 15) is 0 Å². The number of aromatic nitrogens is 1. The van der Waals surface area contributed by atoms with Gasteiger partial charge in [-0.1, -0.05) is 6.07 Å². The van der Waals surface area contributed by atoms with Gasteiger partial charge in [-0.25, -0.2) is 4.98 Å². The number of likely N-dealkylation sites (N-methyl/N-ethyl adjacent to an activating group) is 2. The Kier molecular flexibility index (Phi) is 5.81. The Morgan fingerprint density at radius 1 is 1.25 bits per heavy atom. The molecule has 0 aliphatic carbocycles. The first-order valence-corrected chi connectivity index (χ1v) is 7.39. The van der Waals surface area contributed by atoms with Gasteiger partial charge in [0.15, 0.2) is 0 Å². The molecule has 1 N–H and O–H groups in total. The summed E-state index contributed by atoms with van der Waals surface area (Å²) >= 11 is 0. The molecule has 0 fully saturated rings. The van der Waals surface area contributed by atoms with Crippen molar-refractivity contribution in [3.8, 4) is 0 Å². The number of anilines is 2. The molecule has 0 amide bonds. The average molecular weight is 278 g/mol. The standard InChI is InChI=1S/C16H30N4/c1-8-20(13(2)12-19(6)7)15-11-9-10-14(17-15)18-16(3,4)5/h9-11,13H,8,12H2,1-7H3,(H,17,18). The van der Waals surface area contributed by atoms with Gasteiger partial charge in [-0.15, -0.1) is 0 Å². The predicted molar refractivity (Wildman–Crippen MR) is 88.6 cm³/mol. The van der Waals surface area contributed by atoms with E-state index in [1.54, 1.807) is 0 Å². The lowest BCUT2D eigenvalue weighted by Crippen LogP contribution is -2.40. The molecule has 1 aromatic rings. The molecule has 0 radical (unpaired) electrons. The predicted octanol–water partition coefficient (Wildman–Crippen LogP) is 3.07. The topological polar surface area (TPSA) is 31.4 Å². The zero-order valence-electron chi connectivity index (χ0n) is 14.1. The fourth-order valence-electron chi connectivity index (χ4n) is 2.36. The van der Waals surface area contributed by atoms with Crippen molar-refractivity contribution in [1.82, 2.24) is 9.88 Å². The van der Waals surface area contributed by atoms with Crippen LogP contribution in [0, 0.1) is 0 Å². The molecule has 0 aliphatic rings. The highest BCUT2D eigenvalue weighted by Crippen LogP contribution is 2.19. The van der Waals surface area contributed by atoms with E-state index in [1.165, 1.54) is 0 Å². The molecule has 4 nitrogen and oxygen atoms in total. The fraction of sp³-hybridized carbons (Fsp3) is 0.688. The third kappa shape index (κ3) is 5.37. The number of nitrogens with zero attached hydrogens (tertiary/aromatic N) is 3. The zero-order chi connectivity index (χ0) is 15.3. The molecule has 0 bridgehead atoms. The third-order valence-electron chi connectivity index (χ3n) is 3.03. The van der Waals surface area contributed by atoms with Crippen LogP contribution in [0.3, 0.4) is 0 Å². The minimum atomic E-state index is 0.0257. The average Bonchev–Trinajstić information content (AvgIpc) is 2.26. The van der Waals surface area contributed by atoms with Crippen LogP contribution in [0.15, 0.2) is 18.2 Å². The monoisotopic (exact) mass is 278 g/mol. The molecular weight excluding hydrogens is 248 g/mol. The lowest BCUT2D eigenvalue weighted by molar-refractivity contribution is 0.372. The van der Waals surface area contributed by atoms with Crippen LogP contribution in [0.1, 0.15) is 34.6 Å². The first-order chi connectivity index (χ1) is 9.23. The van der Waals surface area contributed by atoms with Gasteiger partial charge < -0.3 is 15.1 Å². The summed E-state index contributed by atoms with van der Waals surface area (Å²) in [4.78, 5) is 9.31. The van der Waals surface area contributed by atoms with Gasteiger partial charge in [0.05, 0.1) is 0 Å². The van der Waals surface area contributed by atoms with E-state index in [2.05, 4.69) is 76.0 Å². The number of pyridine rings is 1. The normalized spacial score (nSPS) is 13.4. The van der Waals surface area contributed by atoms with E-state index in [0.717, 1.165) is 24.7 Å². The molecule has 1 atom stereocenters. The molecular formula is C16H30N4. The summed E-state index contributed by atoms with van der Waals surface area (Å²) in [5.74, 6) is 1.97. The van der Waals surface area contributed by atoms with Gasteiger partial charge in [-0.3, -0.25) is 0 Å². The van der Waals surface area contributed by atoms with Gasteiger partial charge in [0.1, 0.15) is 11.6 Å². The minimum Gasteiger partial charge on any atom is -0.365 e. The summed E-state index contributed by atoms with van der Waals surface area (Å²) in [7, 11) is 4.21. The largest absolute Gasteiger partial charge is 0.365 e. The van der Waals surface area contributed by atoms with E-state index in [1.807, 2.05) is 6.07 Å². The Labute approximate surface area is 124 Å². The second kappa shape index (κ2) is 6.93. The maximum atomic E-state index is 4.75. The Morgan fingerprint density at radius 2 is 1.90 bits per heavy atom. The van der Waals surface area contributed by atoms with Crippen LogP contribution in [-0.2, 0) is 0 Å². The number of hydrogen-bond acceptors (Lipinski definition) is 4. The summed E-state index contributed by atoms with van der Waals surface area (Å²) in [6, 6.07) is 6.62. The molecule has 0 saturated heterocycles. The zero-order valence-corrected chi connectivity index (χ0v) is 14.1. The molecule has 1 aromatic heterocycles. The van der Waals surface area contributed by atoms with Crippen molar-refractivity contribution in [3.63, 3.8) is 0 Å². The van der Waals surface area contributed by atoms with Crippen LogP contribution in [0.4, 0.5) is 11.6 Å². The molecule has 20 heavy (non-hydrogen) atoms. The van der Waals surface area contributed by atoms with Crippen LogP contribution in [-0.4, -0.2) is 48.6 Å². The summed E-state index contributed by atoms with van der Waals surface area (Å²) in [6.45, 7) is 12.8. The molecule has 0 spiro atoms. The molecule has 0 saturated carbocycles. The molecule has 0 aromatic carbocycles. The molecule has 0 aliphatic heterocycles. The number of rotatable bonds is 6. The SMILES string of the molecule is CCN(c1cccc(NC(C)(C)C)n1)C(C)CN(C)C. The first kappa shape index (κ1) is 16.8. The van der Waals surface area contributed by atoms with Crippen molar-refractivity contribution in [3.05, 3.63) is 18.2 Å². The van der Waals surface area contributed by atoms with E-state index in [0.29, 0.717) is 6.04 Å². The highest BCUT2D eigenvalue weighted by molar-refractivity contribution is 5.48. The van der Waals surface area contributed by atoms with E-state index in [-0.39, 0.29) is 5.54 Å². The maximum Gasteiger partial charge on any atom is 0.131 e. The Hall–Kier alpha value is -1.29. The summed E-state index contributed by atoms with van der Waals surface area (Å²) in [6.07, 6.45) is 0. The Morgan fingerprint density at radius 3 is 2.40 bits per heavy atom. The van der Waals surface area contributed by atoms with Crippen LogP contribution < -0.4 is 10.2 Å². The van der Waals surface area contributed by atoms with Crippen molar-refractivity contribution < 1.29 is 0 Å². The Balaban J connectivity index is 2.90. The van der Waals surface area contributed by atoms with Gasteiger partial charge in [-0.2, -0.15) is 0 Å². The summed E-state index contributed by atoms with van der Waals surface area (Å²) < 4.78 is 0. The van der Waals surface area contributed by atoms with Crippen molar-refractivity contribution in [2.45, 2.75) is 46.2 Å². The van der Waals surface area contributed by atoms with Gasteiger partial charge >= 0.3 is 0 Å². The second-order valence-electron chi connectivity index (χ2n) is 6.65. The second-order valence-corrected chi connectivity index (χ2v) is 6.65. The van der Waals surface area contributed by atoms with Crippen LogP contribution in [0.2, 0.25) is 0 Å². The smallest absolute Gasteiger partial charge is 0.131 e. The van der Waals surface area contributed by atoms with Gasteiger partial charge in [0.2, 0.25) is 0 Å². The van der Waals surface area contributed by atoms with Crippen LogP contribution in [0.5, 0.6) is 0 Å². The summed E-state index contributed by atoms with van der Waals surface area (Å²) in [5.41, 5.74) is 0.0257. The fourth-order valence-corrected chi connectivity index (χ4v) is 2.36. The number of hydrogen-bond donors (Lipinski definition) is 1. The molecule has 4 heteroatoms. The van der Waals surface area contributed by atoms with Crippen molar-refractivity contribution in [1.29, 1.82) is 0 Å². The van der Waals surface area contributed by atoms with E-state index in [4.69, 9.17) is 4.98 Å². The van der Waals surface area contributed by atoms with Crippen LogP contribution in [0.25, 0.3) is 0 Å². The quantitative estimate of drug-likeness (QED) is 0.866.